The predicted molar refractivity (Wildman–Crippen MR) is 65.2 cm³/mol. The van der Waals surface area contributed by atoms with Crippen LogP contribution in [-0.2, 0) is 0 Å². The van der Waals surface area contributed by atoms with Crippen molar-refractivity contribution in [2.24, 2.45) is 17.6 Å². The van der Waals surface area contributed by atoms with Crippen LogP contribution >= 0.6 is 0 Å². The van der Waals surface area contributed by atoms with Crippen LogP contribution in [0.2, 0.25) is 0 Å². The molecule has 3 nitrogen and oxygen atoms in total. The molecule has 1 unspecified atom stereocenters. The molecule has 0 amide bonds. The van der Waals surface area contributed by atoms with Gasteiger partial charge in [-0.1, -0.05) is 0 Å². The van der Waals surface area contributed by atoms with Crippen molar-refractivity contribution in [1.82, 2.24) is 4.98 Å². The molecule has 0 radical (unpaired) electrons. The largest absolute Gasteiger partial charge is 0.356 e. The zero-order valence-corrected chi connectivity index (χ0v) is 9.85. The van der Waals surface area contributed by atoms with E-state index in [2.05, 4.69) is 9.88 Å². The highest BCUT2D eigenvalue weighted by molar-refractivity contribution is 5.39. The van der Waals surface area contributed by atoms with Crippen molar-refractivity contribution in [2.75, 3.05) is 18.0 Å². The first-order valence-electron chi connectivity index (χ1n) is 6.34. The smallest absolute Gasteiger partial charge is 0.141 e. The number of aromatic nitrogens is 1. The molecule has 1 aromatic heterocycles. The first kappa shape index (κ1) is 11.0. The lowest BCUT2D eigenvalue weighted by atomic mass is 9.79. The van der Waals surface area contributed by atoms with Crippen molar-refractivity contribution in [1.29, 1.82) is 0 Å². The summed E-state index contributed by atoms with van der Waals surface area (Å²) in [6.07, 6.45) is 4.79. The summed E-state index contributed by atoms with van der Waals surface area (Å²) in [4.78, 5) is 6.43. The van der Waals surface area contributed by atoms with E-state index in [0.717, 1.165) is 37.7 Å². The number of anilines is 1. The van der Waals surface area contributed by atoms with Gasteiger partial charge in [0.15, 0.2) is 0 Å². The fourth-order valence-corrected chi connectivity index (χ4v) is 3.21. The molecule has 1 aliphatic carbocycles. The van der Waals surface area contributed by atoms with Crippen molar-refractivity contribution >= 4 is 5.82 Å². The third kappa shape index (κ3) is 2.14. The summed E-state index contributed by atoms with van der Waals surface area (Å²) < 4.78 is 12.8. The highest BCUT2D eigenvalue weighted by Gasteiger charge is 2.37. The molecule has 2 N–H and O–H groups in total. The highest BCUT2D eigenvalue weighted by atomic mass is 19.1. The zero-order chi connectivity index (χ0) is 11.8. The van der Waals surface area contributed by atoms with Gasteiger partial charge in [-0.15, -0.1) is 0 Å². The Labute approximate surface area is 101 Å². The molecule has 0 aromatic carbocycles. The molecule has 4 heteroatoms. The number of nitrogens with zero attached hydrogens (tertiary/aromatic N) is 2. The average molecular weight is 235 g/mol. The first-order chi connectivity index (χ1) is 8.22. The van der Waals surface area contributed by atoms with E-state index in [4.69, 9.17) is 5.73 Å². The van der Waals surface area contributed by atoms with E-state index >= 15 is 0 Å². The molecule has 1 aliphatic heterocycles. The third-order valence-electron chi connectivity index (χ3n) is 4.13. The molecular formula is C13H18FN3. The van der Waals surface area contributed by atoms with Gasteiger partial charge in [0, 0.05) is 19.1 Å². The Morgan fingerprint density at radius 2 is 2.06 bits per heavy atom. The Kier molecular flexibility index (Phi) is 2.74. The third-order valence-corrected chi connectivity index (χ3v) is 4.13. The number of hydrogen-bond acceptors (Lipinski definition) is 3. The Morgan fingerprint density at radius 1 is 1.24 bits per heavy atom. The molecule has 17 heavy (non-hydrogen) atoms. The summed E-state index contributed by atoms with van der Waals surface area (Å²) in [6.45, 7) is 2.08. The monoisotopic (exact) mass is 235 g/mol. The molecule has 0 spiro atoms. The van der Waals surface area contributed by atoms with Gasteiger partial charge in [0.25, 0.3) is 0 Å². The quantitative estimate of drug-likeness (QED) is 0.807. The van der Waals surface area contributed by atoms with Gasteiger partial charge >= 0.3 is 0 Å². The van der Waals surface area contributed by atoms with Crippen LogP contribution < -0.4 is 10.6 Å². The van der Waals surface area contributed by atoms with Crippen LogP contribution in [-0.4, -0.2) is 24.1 Å². The van der Waals surface area contributed by atoms with Gasteiger partial charge in [-0.05, 0) is 43.2 Å². The van der Waals surface area contributed by atoms with Crippen molar-refractivity contribution in [2.45, 2.75) is 25.3 Å². The minimum atomic E-state index is -0.271. The van der Waals surface area contributed by atoms with Crippen LogP contribution in [0.4, 0.5) is 10.2 Å². The van der Waals surface area contributed by atoms with Crippen LogP contribution in [0.25, 0.3) is 0 Å². The van der Waals surface area contributed by atoms with E-state index in [0.29, 0.717) is 12.0 Å². The Morgan fingerprint density at radius 3 is 2.82 bits per heavy atom. The summed E-state index contributed by atoms with van der Waals surface area (Å²) in [5.41, 5.74) is 6.01. The van der Waals surface area contributed by atoms with E-state index < -0.39 is 0 Å². The van der Waals surface area contributed by atoms with Crippen LogP contribution in [0.15, 0.2) is 18.3 Å². The second-order valence-corrected chi connectivity index (χ2v) is 5.33. The highest BCUT2D eigenvalue weighted by Crippen LogP contribution is 2.37. The Bertz CT molecular complexity index is 392. The van der Waals surface area contributed by atoms with Gasteiger partial charge in [0.2, 0.25) is 0 Å². The molecule has 3 atom stereocenters. The second kappa shape index (κ2) is 4.26. The number of rotatable bonds is 1. The maximum atomic E-state index is 12.8. The molecule has 1 saturated carbocycles. The van der Waals surface area contributed by atoms with E-state index in [9.17, 15) is 4.39 Å². The number of halogens is 1. The molecule has 1 aromatic rings. The van der Waals surface area contributed by atoms with E-state index in [-0.39, 0.29) is 5.82 Å². The standard InChI is InChI=1S/C13H18FN3/c14-11-2-4-13(16-6-11)17-7-9-1-3-12(15)5-10(9)8-17/h2,4,6,9-10,12H,1,3,5,7-8,15H2/t9-,10+,12?/m1/s1. The van der Waals surface area contributed by atoms with Crippen molar-refractivity contribution < 1.29 is 4.39 Å². The van der Waals surface area contributed by atoms with Gasteiger partial charge in [-0.2, -0.15) is 0 Å². The molecule has 3 rings (SSSR count). The fraction of sp³-hybridized carbons (Fsp3) is 0.615. The number of hydrogen-bond donors (Lipinski definition) is 1. The van der Waals surface area contributed by atoms with Gasteiger partial charge in [0.05, 0.1) is 6.20 Å². The van der Waals surface area contributed by atoms with E-state index in [1.54, 1.807) is 6.07 Å². The number of fused-ring (bicyclic) bond motifs is 1. The Hall–Kier alpha value is -1.16. The summed E-state index contributed by atoms with van der Waals surface area (Å²) in [5.74, 6) is 2.08. The SMILES string of the molecule is NC1CC[C@@H]2CN(c3ccc(F)cn3)C[C@@H]2C1. The van der Waals surface area contributed by atoms with Crippen LogP contribution in [0.5, 0.6) is 0 Å². The molecule has 2 fully saturated rings. The summed E-state index contributed by atoms with van der Waals surface area (Å²) >= 11 is 0. The Balaban J connectivity index is 1.73. The summed E-state index contributed by atoms with van der Waals surface area (Å²) in [5, 5.41) is 0. The van der Waals surface area contributed by atoms with Crippen LogP contribution in [0, 0.1) is 17.7 Å². The minimum Gasteiger partial charge on any atom is -0.356 e. The van der Waals surface area contributed by atoms with Crippen molar-refractivity contribution in [3.05, 3.63) is 24.1 Å². The maximum absolute atomic E-state index is 12.8. The lowest BCUT2D eigenvalue weighted by Gasteiger charge is -2.27. The van der Waals surface area contributed by atoms with Crippen molar-refractivity contribution in [3.8, 4) is 0 Å². The fourth-order valence-electron chi connectivity index (χ4n) is 3.21. The molecule has 92 valence electrons. The first-order valence-corrected chi connectivity index (χ1v) is 6.34. The lowest BCUT2D eigenvalue weighted by Crippen LogP contribution is -2.32. The maximum Gasteiger partial charge on any atom is 0.141 e. The average Bonchev–Trinajstić information content (AvgIpc) is 2.72. The van der Waals surface area contributed by atoms with Gasteiger partial charge in [-0.3, -0.25) is 0 Å². The van der Waals surface area contributed by atoms with Crippen LogP contribution in [0.1, 0.15) is 19.3 Å². The van der Waals surface area contributed by atoms with Gasteiger partial charge < -0.3 is 10.6 Å². The van der Waals surface area contributed by atoms with Gasteiger partial charge in [0.1, 0.15) is 11.6 Å². The molecule has 0 bridgehead atoms. The number of nitrogens with two attached hydrogens (primary N) is 1. The normalized spacial score (nSPS) is 32.6. The lowest BCUT2D eigenvalue weighted by molar-refractivity contribution is 0.271. The van der Waals surface area contributed by atoms with Crippen molar-refractivity contribution in [3.63, 3.8) is 0 Å². The minimum absolute atomic E-state index is 0.271. The summed E-state index contributed by atoms with van der Waals surface area (Å²) in [6, 6.07) is 3.63. The number of pyridine rings is 1. The molecule has 2 aliphatic rings. The predicted octanol–water partition coefficient (Wildman–Crippen LogP) is 1.78. The second-order valence-electron chi connectivity index (χ2n) is 5.33. The van der Waals surface area contributed by atoms with Gasteiger partial charge in [-0.25, -0.2) is 9.37 Å². The zero-order valence-electron chi connectivity index (χ0n) is 9.85. The summed E-state index contributed by atoms with van der Waals surface area (Å²) in [7, 11) is 0. The van der Waals surface area contributed by atoms with E-state index in [1.165, 1.54) is 18.7 Å². The molecule has 1 saturated heterocycles. The molecular weight excluding hydrogens is 217 g/mol. The van der Waals surface area contributed by atoms with Crippen LogP contribution in [0.3, 0.4) is 0 Å². The van der Waals surface area contributed by atoms with E-state index in [1.807, 2.05) is 0 Å². The molecule has 2 heterocycles. The topological polar surface area (TPSA) is 42.1 Å².